The number of ketones is 2. The molecule has 1 aromatic rings. The number of ether oxygens (including phenoxy) is 2. The quantitative estimate of drug-likeness (QED) is 0.573. The largest absolute Gasteiger partial charge is 0.487 e. The number of fused-ring (bicyclic) bond motifs is 1. The summed E-state index contributed by atoms with van der Waals surface area (Å²) in [6.07, 6.45) is 1.98. The van der Waals surface area contributed by atoms with Gasteiger partial charge in [-0.2, -0.15) is 0 Å². The van der Waals surface area contributed by atoms with Gasteiger partial charge in [0.15, 0.2) is 5.78 Å². The molecule has 0 bridgehead atoms. The third-order valence-electron chi connectivity index (χ3n) is 6.25. The number of carbonyl (C=O) groups excluding carboxylic acids is 2. The van der Waals surface area contributed by atoms with Gasteiger partial charge in [0.05, 0.1) is 5.92 Å². The lowest BCUT2D eigenvalue weighted by Crippen LogP contribution is -2.33. The van der Waals surface area contributed by atoms with Gasteiger partial charge < -0.3 is 14.6 Å². The Bertz CT molecular complexity index is 865. The van der Waals surface area contributed by atoms with Crippen LogP contribution in [0, 0.1) is 32.6 Å². The summed E-state index contributed by atoms with van der Waals surface area (Å²) in [5.41, 5.74) is 3.81. The summed E-state index contributed by atoms with van der Waals surface area (Å²) < 4.78 is 12.1. The number of carboxylic acids is 1. The normalized spacial score (nSPS) is 15.7. The zero-order valence-electron chi connectivity index (χ0n) is 19.9. The molecule has 1 atom stereocenters. The van der Waals surface area contributed by atoms with E-state index in [2.05, 4.69) is 13.8 Å². The molecule has 0 spiro atoms. The Kier molecular flexibility index (Phi) is 7.90. The zero-order chi connectivity index (χ0) is 23.5. The van der Waals surface area contributed by atoms with Crippen molar-refractivity contribution >= 4 is 17.5 Å². The highest BCUT2D eigenvalue weighted by molar-refractivity contribution is 5.86. The Labute approximate surface area is 185 Å². The highest BCUT2D eigenvalue weighted by atomic mass is 16.5. The minimum absolute atomic E-state index is 0.0103. The first-order valence-corrected chi connectivity index (χ1v) is 11.1. The summed E-state index contributed by atoms with van der Waals surface area (Å²) in [5.74, 6) is -0.752. The van der Waals surface area contributed by atoms with E-state index < -0.39 is 11.9 Å². The van der Waals surface area contributed by atoms with Crippen molar-refractivity contribution in [3.8, 4) is 11.5 Å². The summed E-state index contributed by atoms with van der Waals surface area (Å²) in [4.78, 5) is 35.9. The van der Waals surface area contributed by atoms with Crippen molar-refractivity contribution in [1.82, 2.24) is 0 Å². The number of aliphatic carboxylic acids is 1. The minimum Gasteiger partial charge on any atom is -0.487 e. The maximum Gasteiger partial charge on any atom is 0.306 e. The van der Waals surface area contributed by atoms with Gasteiger partial charge in [0, 0.05) is 24.3 Å². The number of carboxylic acid groups (broad SMARTS) is 1. The van der Waals surface area contributed by atoms with Crippen LogP contribution < -0.4 is 9.47 Å². The van der Waals surface area contributed by atoms with E-state index in [4.69, 9.17) is 9.47 Å². The number of benzene rings is 1. The second-order valence-corrected chi connectivity index (χ2v) is 9.60. The molecule has 0 saturated carbocycles. The molecular formula is C25H36O6. The Morgan fingerprint density at radius 3 is 2.32 bits per heavy atom. The highest BCUT2D eigenvalue weighted by Crippen LogP contribution is 2.43. The number of carbonyl (C=O) groups is 3. The number of hydrogen-bond acceptors (Lipinski definition) is 5. The first-order chi connectivity index (χ1) is 14.3. The fraction of sp³-hybridized carbons (Fsp3) is 0.640. The van der Waals surface area contributed by atoms with Crippen LogP contribution in [0.15, 0.2) is 0 Å². The van der Waals surface area contributed by atoms with Gasteiger partial charge in [-0.1, -0.05) is 13.8 Å². The maximum absolute atomic E-state index is 12.5. The van der Waals surface area contributed by atoms with Crippen LogP contribution in [0.1, 0.15) is 75.6 Å². The monoisotopic (exact) mass is 432 g/mol. The molecule has 0 radical (unpaired) electrons. The fourth-order valence-electron chi connectivity index (χ4n) is 3.97. The molecule has 6 nitrogen and oxygen atoms in total. The predicted molar refractivity (Wildman–Crippen MR) is 119 cm³/mol. The fourth-order valence-corrected chi connectivity index (χ4v) is 3.97. The van der Waals surface area contributed by atoms with E-state index in [0.29, 0.717) is 5.75 Å². The predicted octanol–water partition coefficient (Wildman–Crippen LogP) is 4.76. The molecule has 6 heteroatoms. The van der Waals surface area contributed by atoms with Crippen LogP contribution in [0.2, 0.25) is 0 Å². The molecule has 0 saturated heterocycles. The summed E-state index contributed by atoms with van der Waals surface area (Å²) in [7, 11) is 0. The lowest BCUT2D eigenvalue weighted by Gasteiger charge is -2.35. The summed E-state index contributed by atoms with van der Waals surface area (Å²) in [6, 6.07) is 0. The summed E-state index contributed by atoms with van der Waals surface area (Å²) in [5, 5.41) is 9.44. The van der Waals surface area contributed by atoms with Crippen LogP contribution in [0.25, 0.3) is 0 Å². The van der Waals surface area contributed by atoms with Gasteiger partial charge in [0.2, 0.25) is 0 Å². The zero-order valence-corrected chi connectivity index (χ0v) is 19.9. The Balaban J connectivity index is 2.08. The van der Waals surface area contributed by atoms with Gasteiger partial charge in [0.25, 0.3) is 0 Å². The Morgan fingerprint density at radius 2 is 1.74 bits per heavy atom. The molecule has 31 heavy (non-hydrogen) atoms. The van der Waals surface area contributed by atoms with E-state index in [-0.39, 0.29) is 49.0 Å². The lowest BCUT2D eigenvalue weighted by atomic mass is 9.88. The third kappa shape index (κ3) is 6.08. The van der Waals surface area contributed by atoms with E-state index in [1.807, 2.05) is 20.8 Å². The van der Waals surface area contributed by atoms with Gasteiger partial charge in [0.1, 0.15) is 29.5 Å². The Morgan fingerprint density at radius 1 is 1.10 bits per heavy atom. The van der Waals surface area contributed by atoms with Gasteiger partial charge in [-0.3, -0.25) is 14.4 Å². The molecule has 1 heterocycles. The van der Waals surface area contributed by atoms with Crippen molar-refractivity contribution in [3.63, 3.8) is 0 Å². The number of hydrogen-bond donors (Lipinski definition) is 1. The van der Waals surface area contributed by atoms with E-state index in [1.54, 1.807) is 13.8 Å². The summed E-state index contributed by atoms with van der Waals surface area (Å²) >= 11 is 0. The number of Topliss-reactive ketones (excluding diaryl/α,β-unsaturated/α-hetero) is 2. The van der Waals surface area contributed by atoms with Crippen molar-refractivity contribution in [2.75, 3.05) is 6.61 Å². The molecular weight excluding hydrogens is 396 g/mol. The van der Waals surface area contributed by atoms with Gasteiger partial charge in [-0.05, 0) is 70.6 Å². The van der Waals surface area contributed by atoms with Crippen molar-refractivity contribution in [1.29, 1.82) is 0 Å². The van der Waals surface area contributed by atoms with Crippen molar-refractivity contribution < 1.29 is 29.0 Å². The third-order valence-corrected chi connectivity index (χ3v) is 6.25. The van der Waals surface area contributed by atoms with Crippen molar-refractivity contribution in [2.45, 2.75) is 86.2 Å². The molecule has 0 aromatic heterocycles. The SMILES string of the molecule is Cc1c(C)c2c(c(C)c1OCC(=O)C[C@@H](CCC(=O)C(C)C)C(=O)O)CCC(C)(C)O2. The van der Waals surface area contributed by atoms with Crippen molar-refractivity contribution in [3.05, 3.63) is 22.3 Å². The topological polar surface area (TPSA) is 89.9 Å². The highest BCUT2D eigenvalue weighted by Gasteiger charge is 2.31. The molecule has 1 N–H and O–H groups in total. The molecule has 1 aliphatic rings. The molecule has 0 unspecified atom stereocenters. The maximum atomic E-state index is 12.5. The van der Waals surface area contributed by atoms with Crippen LogP contribution in [0.5, 0.6) is 11.5 Å². The van der Waals surface area contributed by atoms with Crippen LogP contribution in [0.3, 0.4) is 0 Å². The lowest BCUT2D eigenvalue weighted by molar-refractivity contribution is -0.144. The van der Waals surface area contributed by atoms with Crippen LogP contribution in [-0.2, 0) is 20.8 Å². The molecule has 0 amide bonds. The molecule has 0 fully saturated rings. The minimum atomic E-state index is -1.05. The number of rotatable bonds is 10. The molecule has 2 rings (SSSR count). The molecule has 0 aliphatic carbocycles. The van der Waals surface area contributed by atoms with E-state index >= 15 is 0 Å². The van der Waals surface area contributed by atoms with Crippen molar-refractivity contribution in [2.24, 2.45) is 11.8 Å². The second-order valence-electron chi connectivity index (χ2n) is 9.60. The Hall–Kier alpha value is -2.37. The van der Waals surface area contributed by atoms with Gasteiger partial charge in [-0.25, -0.2) is 0 Å². The second kappa shape index (κ2) is 9.84. The molecule has 172 valence electrons. The average Bonchev–Trinajstić information content (AvgIpc) is 2.67. The standard InChI is InChI=1S/C25H36O6/c1-14(2)21(27)9-8-18(24(28)29)12-19(26)13-30-22-15(3)16(4)23-20(17(22)5)10-11-25(6,7)31-23/h14,18H,8-13H2,1-7H3,(H,28,29)/t18-/m1/s1. The van der Waals surface area contributed by atoms with Crippen LogP contribution in [-0.4, -0.2) is 34.9 Å². The van der Waals surface area contributed by atoms with Crippen LogP contribution in [0.4, 0.5) is 0 Å². The van der Waals surface area contributed by atoms with Gasteiger partial charge >= 0.3 is 5.97 Å². The van der Waals surface area contributed by atoms with E-state index in [0.717, 1.165) is 40.8 Å². The first-order valence-electron chi connectivity index (χ1n) is 11.1. The van der Waals surface area contributed by atoms with E-state index in [9.17, 15) is 19.5 Å². The van der Waals surface area contributed by atoms with Gasteiger partial charge in [-0.15, -0.1) is 0 Å². The molecule has 1 aromatic carbocycles. The summed E-state index contributed by atoms with van der Waals surface area (Å²) in [6.45, 7) is 13.5. The first kappa shape index (κ1) is 24.9. The van der Waals surface area contributed by atoms with E-state index in [1.165, 1.54) is 0 Å². The smallest absolute Gasteiger partial charge is 0.306 e. The average molecular weight is 433 g/mol. The van der Waals surface area contributed by atoms with Crippen LogP contribution >= 0.6 is 0 Å². The molecule has 1 aliphatic heterocycles.